The summed E-state index contributed by atoms with van der Waals surface area (Å²) in [5, 5.41) is 3.14. The lowest BCUT2D eigenvalue weighted by molar-refractivity contribution is -0.0518. The molecule has 1 aromatic rings. The number of hydrogen-bond acceptors (Lipinski definition) is 3. The summed E-state index contributed by atoms with van der Waals surface area (Å²) < 4.78 is 34.1. The van der Waals surface area contributed by atoms with Crippen molar-refractivity contribution in [3.8, 4) is 11.5 Å². The van der Waals surface area contributed by atoms with Gasteiger partial charge in [0.05, 0.1) is 7.11 Å². The number of nitrogens with one attached hydrogen (secondary N) is 1. The normalized spacial score (nSPS) is 10.6. The molecule has 1 aromatic carbocycles. The fourth-order valence-corrected chi connectivity index (χ4v) is 1.48. The minimum absolute atomic E-state index is 0.105. The first-order valence-corrected chi connectivity index (χ1v) is 5.50. The fraction of sp³-hybridized carbons (Fsp3) is 0.500. The molecule has 3 nitrogen and oxygen atoms in total. The maximum absolute atomic E-state index is 12.3. The highest BCUT2D eigenvalue weighted by Gasteiger charge is 2.14. The Hall–Kier alpha value is -1.36. The zero-order chi connectivity index (χ0) is 12.7. The molecule has 0 aromatic heterocycles. The van der Waals surface area contributed by atoms with E-state index in [0.717, 1.165) is 13.0 Å². The van der Waals surface area contributed by atoms with Crippen LogP contribution in [0.2, 0.25) is 0 Å². The Balaban J connectivity index is 2.85. The van der Waals surface area contributed by atoms with Gasteiger partial charge in [-0.15, -0.1) is 0 Å². The highest BCUT2D eigenvalue weighted by Crippen LogP contribution is 2.32. The summed E-state index contributed by atoms with van der Waals surface area (Å²) in [5.74, 6) is 0.426. The zero-order valence-corrected chi connectivity index (χ0v) is 10.0. The molecule has 0 bridgehead atoms. The van der Waals surface area contributed by atoms with Crippen molar-refractivity contribution in [2.75, 3.05) is 13.7 Å². The molecule has 5 heteroatoms. The smallest absolute Gasteiger partial charge is 0.387 e. The molecule has 0 fully saturated rings. The third-order valence-corrected chi connectivity index (χ3v) is 2.23. The van der Waals surface area contributed by atoms with Gasteiger partial charge in [0.2, 0.25) is 0 Å². The standard InChI is InChI=1S/C12H17F2NO2/c1-3-7-15-8-9-5-4-6-10(16-2)11(9)17-12(13)14/h4-6,12,15H,3,7-8H2,1-2H3. The van der Waals surface area contributed by atoms with Crippen LogP contribution >= 0.6 is 0 Å². The van der Waals surface area contributed by atoms with Crippen molar-refractivity contribution >= 4 is 0 Å². The molecule has 1 N–H and O–H groups in total. The molecule has 0 heterocycles. The molecule has 0 amide bonds. The highest BCUT2D eigenvalue weighted by atomic mass is 19.3. The van der Waals surface area contributed by atoms with Crippen LogP contribution in [0.25, 0.3) is 0 Å². The lowest BCUT2D eigenvalue weighted by Crippen LogP contribution is -2.15. The molecule has 96 valence electrons. The monoisotopic (exact) mass is 245 g/mol. The second-order valence-electron chi connectivity index (χ2n) is 3.50. The Kier molecular flexibility index (Phi) is 5.69. The summed E-state index contributed by atoms with van der Waals surface area (Å²) >= 11 is 0. The lowest BCUT2D eigenvalue weighted by atomic mass is 10.2. The van der Waals surface area contributed by atoms with Crippen molar-refractivity contribution in [3.05, 3.63) is 23.8 Å². The maximum atomic E-state index is 12.3. The number of alkyl halides is 2. The number of rotatable bonds is 7. The molecule has 0 saturated carbocycles. The summed E-state index contributed by atoms with van der Waals surface area (Å²) in [6.07, 6.45) is 0.981. The van der Waals surface area contributed by atoms with Crippen LogP contribution in [0.4, 0.5) is 8.78 Å². The van der Waals surface area contributed by atoms with Crippen LogP contribution in [-0.2, 0) is 6.54 Å². The van der Waals surface area contributed by atoms with E-state index in [1.165, 1.54) is 7.11 Å². The van der Waals surface area contributed by atoms with E-state index in [1.807, 2.05) is 6.92 Å². The molecule has 0 aliphatic carbocycles. The second kappa shape index (κ2) is 7.06. The molecule has 0 aliphatic rings. The van der Waals surface area contributed by atoms with E-state index in [-0.39, 0.29) is 5.75 Å². The SMILES string of the molecule is CCCNCc1cccc(OC)c1OC(F)F. The number of para-hydroxylation sites is 1. The number of ether oxygens (including phenoxy) is 2. The molecule has 0 unspecified atom stereocenters. The lowest BCUT2D eigenvalue weighted by Gasteiger charge is -2.14. The molecule has 0 aliphatic heterocycles. The molecular weight excluding hydrogens is 228 g/mol. The van der Waals surface area contributed by atoms with Gasteiger partial charge in [-0.05, 0) is 19.0 Å². The van der Waals surface area contributed by atoms with E-state index in [2.05, 4.69) is 10.1 Å². The van der Waals surface area contributed by atoms with Crippen molar-refractivity contribution < 1.29 is 18.3 Å². The number of halogens is 2. The second-order valence-corrected chi connectivity index (χ2v) is 3.50. The number of benzene rings is 1. The van der Waals surface area contributed by atoms with Crippen LogP contribution in [-0.4, -0.2) is 20.3 Å². The predicted molar refractivity (Wildman–Crippen MR) is 61.6 cm³/mol. The minimum Gasteiger partial charge on any atom is -0.493 e. The summed E-state index contributed by atoms with van der Waals surface area (Å²) in [7, 11) is 1.43. The van der Waals surface area contributed by atoms with E-state index < -0.39 is 6.61 Å². The Morgan fingerprint density at radius 3 is 2.71 bits per heavy atom. The zero-order valence-electron chi connectivity index (χ0n) is 10.0. The molecule has 1 rings (SSSR count). The van der Waals surface area contributed by atoms with Crippen molar-refractivity contribution in [2.24, 2.45) is 0 Å². The van der Waals surface area contributed by atoms with Gasteiger partial charge in [0.15, 0.2) is 11.5 Å². The van der Waals surface area contributed by atoms with Gasteiger partial charge in [0.25, 0.3) is 0 Å². The molecule has 0 radical (unpaired) electrons. The quantitative estimate of drug-likeness (QED) is 0.749. The molecule has 0 spiro atoms. The minimum atomic E-state index is -2.85. The van der Waals surface area contributed by atoms with Gasteiger partial charge in [-0.2, -0.15) is 8.78 Å². The van der Waals surface area contributed by atoms with Crippen LogP contribution in [0, 0.1) is 0 Å². The van der Waals surface area contributed by atoms with Gasteiger partial charge in [-0.1, -0.05) is 19.1 Å². The van der Waals surface area contributed by atoms with Crippen molar-refractivity contribution in [2.45, 2.75) is 26.5 Å². The Morgan fingerprint density at radius 1 is 1.35 bits per heavy atom. The fourth-order valence-electron chi connectivity index (χ4n) is 1.48. The molecule has 0 saturated heterocycles. The summed E-state index contributed by atoms with van der Waals surface area (Å²) in [6, 6.07) is 5.09. The van der Waals surface area contributed by atoms with Gasteiger partial charge in [-0.25, -0.2) is 0 Å². The average Bonchev–Trinajstić information content (AvgIpc) is 2.30. The van der Waals surface area contributed by atoms with E-state index in [0.29, 0.717) is 17.9 Å². The van der Waals surface area contributed by atoms with Gasteiger partial charge < -0.3 is 14.8 Å². The van der Waals surface area contributed by atoms with Gasteiger partial charge in [-0.3, -0.25) is 0 Å². The van der Waals surface area contributed by atoms with Crippen molar-refractivity contribution in [1.29, 1.82) is 0 Å². The molecule has 17 heavy (non-hydrogen) atoms. The van der Waals surface area contributed by atoms with Gasteiger partial charge in [0.1, 0.15) is 0 Å². The van der Waals surface area contributed by atoms with Gasteiger partial charge >= 0.3 is 6.61 Å². The van der Waals surface area contributed by atoms with E-state index in [4.69, 9.17) is 4.74 Å². The van der Waals surface area contributed by atoms with Crippen molar-refractivity contribution in [1.82, 2.24) is 5.32 Å². The van der Waals surface area contributed by atoms with Crippen LogP contribution in [0.1, 0.15) is 18.9 Å². The van der Waals surface area contributed by atoms with Crippen LogP contribution in [0.3, 0.4) is 0 Å². The first kappa shape index (κ1) is 13.7. The Morgan fingerprint density at radius 2 is 2.12 bits per heavy atom. The van der Waals surface area contributed by atoms with Crippen LogP contribution in [0.15, 0.2) is 18.2 Å². The molecular formula is C12H17F2NO2. The van der Waals surface area contributed by atoms with Crippen LogP contribution in [0.5, 0.6) is 11.5 Å². The van der Waals surface area contributed by atoms with Crippen molar-refractivity contribution in [3.63, 3.8) is 0 Å². The third-order valence-electron chi connectivity index (χ3n) is 2.23. The predicted octanol–water partition coefficient (Wildman–Crippen LogP) is 2.80. The van der Waals surface area contributed by atoms with E-state index in [1.54, 1.807) is 18.2 Å². The largest absolute Gasteiger partial charge is 0.493 e. The van der Waals surface area contributed by atoms with Gasteiger partial charge in [0, 0.05) is 12.1 Å². The first-order chi connectivity index (χ1) is 8.19. The highest BCUT2D eigenvalue weighted by molar-refractivity contribution is 5.46. The first-order valence-electron chi connectivity index (χ1n) is 5.50. The summed E-state index contributed by atoms with van der Waals surface area (Å²) in [6.45, 7) is 0.490. The number of hydrogen-bond donors (Lipinski definition) is 1. The summed E-state index contributed by atoms with van der Waals surface area (Å²) in [5.41, 5.74) is 0.665. The van der Waals surface area contributed by atoms with Crippen LogP contribution < -0.4 is 14.8 Å². The average molecular weight is 245 g/mol. The third kappa shape index (κ3) is 4.19. The Bertz CT molecular complexity index is 345. The maximum Gasteiger partial charge on any atom is 0.387 e. The van der Waals surface area contributed by atoms with E-state index in [9.17, 15) is 8.78 Å². The summed E-state index contributed by atoms with van der Waals surface area (Å²) in [4.78, 5) is 0. The topological polar surface area (TPSA) is 30.5 Å². The van der Waals surface area contributed by atoms with E-state index >= 15 is 0 Å². The Labute approximate surface area is 99.7 Å². The number of methoxy groups -OCH3 is 1. The molecule has 0 atom stereocenters.